The van der Waals surface area contributed by atoms with Crippen LogP contribution in [0.1, 0.15) is 49.5 Å². The van der Waals surface area contributed by atoms with Crippen LogP contribution in [0, 0.1) is 0 Å². The van der Waals surface area contributed by atoms with Crippen molar-refractivity contribution in [2.45, 2.75) is 51.2 Å². The summed E-state index contributed by atoms with van der Waals surface area (Å²) in [5.74, 6) is -0.197. The number of carbonyl (C=O) groups excluding carboxylic acids is 2. The zero-order chi connectivity index (χ0) is 16.9. The fourth-order valence-electron chi connectivity index (χ4n) is 3.03. The molecule has 128 valence electrons. The minimum Gasteiger partial charge on any atom is -0.388 e. The fourth-order valence-corrected chi connectivity index (χ4v) is 3.03. The number of aliphatic hydroxyl groups is 1. The Labute approximate surface area is 136 Å². The Balaban J connectivity index is 2.03. The average molecular weight is 322 g/mol. The Bertz CT molecular complexity index is 557. The molecule has 1 saturated heterocycles. The molecule has 0 bridgehead atoms. The summed E-state index contributed by atoms with van der Waals surface area (Å²) >= 11 is 0. The van der Waals surface area contributed by atoms with Gasteiger partial charge in [0.2, 0.25) is 5.91 Å². The molecule has 0 radical (unpaired) electrons. The Morgan fingerprint density at radius 1 is 1.48 bits per heavy atom. The highest BCUT2D eigenvalue weighted by molar-refractivity contribution is 5.92. The van der Waals surface area contributed by atoms with Crippen LogP contribution in [-0.2, 0) is 11.3 Å². The Morgan fingerprint density at radius 3 is 2.96 bits per heavy atom. The van der Waals surface area contributed by atoms with Gasteiger partial charge in [0.25, 0.3) is 5.91 Å². The van der Waals surface area contributed by atoms with E-state index in [2.05, 4.69) is 10.4 Å². The number of nitrogens with zero attached hydrogens (tertiary/aromatic N) is 3. The first-order chi connectivity index (χ1) is 11.0. The third-order valence-electron chi connectivity index (χ3n) is 4.31. The van der Waals surface area contributed by atoms with Crippen molar-refractivity contribution < 1.29 is 14.7 Å². The normalized spacial score (nSPS) is 21.3. The molecule has 0 saturated carbocycles. The molecule has 0 aliphatic carbocycles. The van der Waals surface area contributed by atoms with Crippen molar-refractivity contribution in [3.05, 3.63) is 18.0 Å². The molecular formula is C16H26N4O3. The van der Waals surface area contributed by atoms with Gasteiger partial charge in [0.05, 0.1) is 5.60 Å². The van der Waals surface area contributed by atoms with Gasteiger partial charge in [-0.3, -0.25) is 14.3 Å². The van der Waals surface area contributed by atoms with E-state index in [1.807, 2.05) is 6.92 Å². The van der Waals surface area contributed by atoms with Gasteiger partial charge < -0.3 is 15.3 Å². The number of piperidine rings is 1. The second kappa shape index (κ2) is 7.59. The number of nitrogens with one attached hydrogen (secondary N) is 1. The van der Waals surface area contributed by atoms with Gasteiger partial charge in [-0.2, -0.15) is 5.10 Å². The number of aromatic nitrogens is 2. The van der Waals surface area contributed by atoms with Gasteiger partial charge in [0.15, 0.2) is 0 Å². The summed E-state index contributed by atoms with van der Waals surface area (Å²) in [6.45, 7) is 3.62. The lowest BCUT2D eigenvalue weighted by Gasteiger charge is -2.39. The van der Waals surface area contributed by atoms with Crippen molar-refractivity contribution in [3.63, 3.8) is 0 Å². The highest BCUT2D eigenvalue weighted by Gasteiger charge is 2.36. The van der Waals surface area contributed by atoms with Crippen LogP contribution in [0.3, 0.4) is 0 Å². The van der Waals surface area contributed by atoms with Crippen LogP contribution < -0.4 is 5.32 Å². The lowest BCUT2D eigenvalue weighted by molar-refractivity contribution is -0.122. The SMILES string of the molecule is CCCn1nccc1C(=O)N1CCCC(O)(CCC(=O)NC)C1. The quantitative estimate of drug-likeness (QED) is 0.810. The predicted octanol–water partition coefficient (Wildman–Crippen LogP) is 0.786. The number of hydrogen-bond acceptors (Lipinski definition) is 4. The summed E-state index contributed by atoms with van der Waals surface area (Å²) in [5, 5.41) is 17.4. The Hall–Kier alpha value is -1.89. The maximum Gasteiger partial charge on any atom is 0.272 e. The Morgan fingerprint density at radius 2 is 2.26 bits per heavy atom. The summed E-state index contributed by atoms with van der Waals surface area (Å²) < 4.78 is 1.71. The molecule has 2 N–H and O–H groups in total. The van der Waals surface area contributed by atoms with Crippen molar-refractivity contribution in [3.8, 4) is 0 Å². The number of likely N-dealkylation sites (tertiary alicyclic amines) is 1. The summed E-state index contributed by atoms with van der Waals surface area (Å²) in [6.07, 6.45) is 4.51. The van der Waals surface area contributed by atoms with E-state index in [9.17, 15) is 14.7 Å². The van der Waals surface area contributed by atoms with Crippen LogP contribution in [0.15, 0.2) is 12.3 Å². The van der Waals surface area contributed by atoms with E-state index in [0.29, 0.717) is 31.6 Å². The first-order valence-corrected chi connectivity index (χ1v) is 8.23. The third kappa shape index (κ3) is 4.31. The van der Waals surface area contributed by atoms with Crippen LogP contribution >= 0.6 is 0 Å². The molecule has 0 aromatic carbocycles. The molecule has 1 aliphatic heterocycles. The van der Waals surface area contributed by atoms with E-state index in [-0.39, 0.29) is 24.8 Å². The van der Waals surface area contributed by atoms with Gasteiger partial charge in [-0.25, -0.2) is 0 Å². The van der Waals surface area contributed by atoms with Gasteiger partial charge >= 0.3 is 0 Å². The largest absolute Gasteiger partial charge is 0.388 e. The molecule has 1 aromatic heterocycles. The molecule has 0 spiro atoms. The molecule has 1 aliphatic rings. The summed E-state index contributed by atoms with van der Waals surface area (Å²) in [4.78, 5) is 25.8. The summed E-state index contributed by atoms with van der Waals surface area (Å²) in [6, 6.07) is 1.72. The van der Waals surface area contributed by atoms with Crippen LogP contribution in [0.25, 0.3) is 0 Å². The zero-order valence-electron chi connectivity index (χ0n) is 13.9. The predicted molar refractivity (Wildman–Crippen MR) is 85.9 cm³/mol. The van der Waals surface area contributed by atoms with Gasteiger partial charge in [-0.05, 0) is 31.7 Å². The number of β-amino-alcohol motifs (C(OH)–C–C–N with tert-alkyl or cyclic N) is 1. The van der Waals surface area contributed by atoms with Crippen molar-refractivity contribution in [2.24, 2.45) is 0 Å². The smallest absolute Gasteiger partial charge is 0.272 e. The minimum absolute atomic E-state index is 0.0945. The average Bonchev–Trinajstić information content (AvgIpc) is 3.00. The van der Waals surface area contributed by atoms with E-state index in [1.165, 1.54) is 0 Å². The van der Waals surface area contributed by atoms with E-state index < -0.39 is 5.60 Å². The second-order valence-corrected chi connectivity index (χ2v) is 6.17. The van der Waals surface area contributed by atoms with Gasteiger partial charge in [-0.15, -0.1) is 0 Å². The lowest BCUT2D eigenvalue weighted by atomic mass is 9.88. The number of hydrogen-bond donors (Lipinski definition) is 2. The van der Waals surface area contributed by atoms with E-state index in [0.717, 1.165) is 12.8 Å². The third-order valence-corrected chi connectivity index (χ3v) is 4.31. The van der Waals surface area contributed by atoms with Crippen LogP contribution in [0.2, 0.25) is 0 Å². The molecule has 1 aromatic rings. The maximum absolute atomic E-state index is 12.7. The van der Waals surface area contributed by atoms with Crippen LogP contribution in [0.5, 0.6) is 0 Å². The van der Waals surface area contributed by atoms with E-state index >= 15 is 0 Å². The zero-order valence-corrected chi connectivity index (χ0v) is 13.9. The van der Waals surface area contributed by atoms with Crippen molar-refractivity contribution in [1.82, 2.24) is 20.0 Å². The number of aryl methyl sites for hydroxylation is 1. The topological polar surface area (TPSA) is 87.5 Å². The molecule has 7 heteroatoms. The minimum atomic E-state index is -0.990. The molecule has 7 nitrogen and oxygen atoms in total. The molecule has 1 unspecified atom stereocenters. The van der Waals surface area contributed by atoms with Gasteiger partial charge in [0.1, 0.15) is 5.69 Å². The molecule has 2 amide bonds. The number of amides is 2. The monoisotopic (exact) mass is 322 g/mol. The van der Waals surface area contributed by atoms with Gasteiger partial charge in [-0.1, -0.05) is 6.92 Å². The molecule has 1 fully saturated rings. The van der Waals surface area contributed by atoms with Crippen molar-refractivity contribution in [1.29, 1.82) is 0 Å². The lowest BCUT2D eigenvalue weighted by Crippen LogP contribution is -2.51. The molecular weight excluding hydrogens is 296 g/mol. The maximum atomic E-state index is 12.7. The van der Waals surface area contributed by atoms with E-state index in [1.54, 1.807) is 28.9 Å². The highest BCUT2D eigenvalue weighted by Crippen LogP contribution is 2.26. The second-order valence-electron chi connectivity index (χ2n) is 6.17. The van der Waals surface area contributed by atoms with Crippen molar-refractivity contribution >= 4 is 11.8 Å². The molecule has 2 rings (SSSR count). The molecule has 2 heterocycles. The highest BCUT2D eigenvalue weighted by atomic mass is 16.3. The first kappa shape index (κ1) is 17.5. The number of rotatable bonds is 6. The Kier molecular flexibility index (Phi) is 5.76. The van der Waals surface area contributed by atoms with Crippen LogP contribution in [-0.4, -0.2) is 57.3 Å². The van der Waals surface area contributed by atoms with Crippen molar-refractivity contribution in [2.75, 3.05) is 20.1 Å². The fraction of sp³-hybridized carbons (Fsp3) is 0.688. The van der Waals surface area contributed by atoms with Gasteiger partial charge in [0, 0.05) is 39.3 Å². The standard InChI is InChI=1S/C16H26N4O3/c1-3-10-20-13(6-9-18-20)15(22)19-11-4-7-16(23,12-19)8-5-14(21)17-2/h6,9,23H,3-5,7-8,10-12H2,1-2H3,(H,17,21). The van der Waals surface area contributed by atoms with E-state index in [4.69, 9.17) is 0 Å². The summed E-state index contributed by atoms with van der Waals surface area (Å²) in [5.41, 5.74) is -0.432. The molecule has 23 heavy (non-hydrogen) atoms. The molecule has 1 atom stereocenters. The first-order valence-electron chi connectivity index (χ1n) is 8.23. The van der Waals surface area contributed by atoms with Crippen LogP contribution in [0.4, 0.5) is 0 Å². The number of carbonyl (C=O) groups is 2. The summed E-state index contributed by atoms with van der Waals surface area (Å²) in [7, 11) is 1.58.